The number of hydrogen-bond donors (Lipinski definition) is 0. The van der Waals surface area contributed by atoms with Crippen LogP contribution in [0.25, 0.3) is 6.08 Å². The largest absolute Gasteiger partial charge is 0.274 e. The molecular formula is C27H23BrN2O. The molecule has 4 heteroatoms. The lowest BCUT2D eigenvalue weighted by Crippen LogP contribution is -2.31. The van der Waals surface area contributed by atoms with E-state index in [9.17, 15) is 4.79 Å². The number of allylic oxidation sites excluding steroid dienone is 1. The number of hydrogen-bond acceptors (Lipinski definition) is 2. The number of nitrogens with zero attached hydrogens (tertiary/aromatic N) is 2. The van der Waals surface area contributed by atoms with Crippen LogP contribution in [0, 0.1) is 5.92 Å². The van der Waals surface area contributed by atoms with Crippen molar-refractivity contribution in [3.8, 4) is 0 Å². The minimum absolute atomic E-state index is 0.0534. The van der Waals surface area contributed by atoms with Crippen molar-refractivity contribution in [1.82, 2.24) is 5.01 Å². The van der Waals surface area contributed by atoms with Crippen molar-refractivity contribution in [2.45, 2.75) is 25.3 Å². The van der Waals surface area contributed by atoms with Crippen molar-refractivity contribution in [2.75, 3.05) is 0 Å². The summed E-state index contributed by atoms with van der Waals surface area (Å²) in [5.41, 5.74) is 5.28. The second kappa shape index (κ2) is 8.64. The molecule has 5 rings (SSSR count). The van der Waals surface area contributed by atoms with Gasteiger partial charge in [-0.2, -0.15) is 5.10 Å². The third kappa shape index (κ3) is 4.00. The number of hydrazone groups is 1. The lowest BCUT2D eigenvalue weighted by atomic mass is 9.77. The molecule has 0 bridgehead atoms. The van der Waals surface area contributed by atoms with Crippen LogP contribution in [0.1, 0.15) is 46.8 Å². The van der Waals surface area contributed by atoms with Crippen molar-refractivity contribution in [1.29, 1.82) is 0 Å². The highest BCUT2D eigenvalue weighted by molar-refractivity contribution is 9.10. The van der Waals surface area contributed by atoms with Crippen molar-refractivity contribution in [2.24, 2.45) is 11.0 Å². The lowest BCUT2D eigenvalue weighted by molar-refractivity contribution is 0.0681. The Hall–Kier alpha value is -2.98. The van der Waals surface area contributed by atoms with Gasteiger partial charge in [0.25, 0.3) is 5.91 Å². The molecule has 2 aliphatic rings. The van der Waals surface area contributed by atoms with Gasteiger partial charge in [0.15, 0.2) is 0 Å². The zero-order valence-corrected chi connectivity index (χ0v) is 18.7. The fraction of sp³-hybridized carbons (Fsp3) is 0.185. The maximum atomic E-state index is 13.5. The third-order valence-corrected chi connectivity index (χ3v) is 6.61. The zero-order valence-electron chi connectivity index (χ0n) is 17.1. The summed E-state index contributed by atoms with van der Waals surface area (Å²) in [4.78, 5) is 13.5. The van der Waals surface area contributed by atoms with E-state index in [1.165, 1.54) is 11.1 Å². The van der Waals surface area contributed by atoms with Gasteiger partial charge in [0.2, 0.25) is 0 Å². The minimum Gasteiger partial charge on any atom is -0.267 e. The van der Waals surface area contributed by atoms with Crippen molar-refractivity contribution >= 4 is 33.6 Å². The molecule has 1 saturated carbocycles. The number of rotatable bonds is 3. The average Bonchev–Trinajstić information content (AvgIpc) is 3.21. The van der Waals surface area contributed by atoms with E-state index >= 15 is 0 Å². The topological polar surface area (TPSA) is 32.7 Å². The minimum atomic E-state index is -0.0770. The summed E-state index contributed by atoms with van der Waals surface area (Å²) in [5, 5.41) is 6.69. The number of carbonyl (C=O) groups is 1. The van der Waals surface area contributed by atoms with Crippen LogP contribution in [0.5, 0.6) is 0 Å². The summed E-state index contributed by atoms with van der Waals surface area (Å²) in [6.07, 6.45) is 5.37. The highest BCUT2D eigenvalue weighted by Gasteiger charge is 2.43. The van der Waals surface area contributed by atoms with Crippen molar-refractivity contribution in [3.05, 3.63) is 112 Å². The molecule has 0 N–H and O–H groups in total. The van der Waals surface area contributed by atoms with Crippen LogP contribution in [0.2, 0.25) is 0 Å². The van der Waals surface area contributed by atoms with Crippen LogP contribution >= 0.6 is 15.9 Å². The molecule has 1 fully saturated rings. The monoisotopic (exact) mass is 470 g/mol. The molecule has 31 heavy (non-hydrogen) atoms. The number of benzene rings is 3. The lowest BCUT2D eigenvalue weighted by Gasteiger charge is -2.29. The fourth-order valence-electron chi connectivity index (χ4n) is 4.63. The summed E-state index contributed by atoms with van der Waals surface area (Å²) < 4.78 is 0.957. The van der Waals surface area contributed by atoms with Gasteiger partial charge in [-0.15, -0.1) is 0 Å². The van der Waals surface area contributed by atoms with Crippen LogP contribution in [0.3, 0.4) is 0 Å². The summed E-state index contributed by atoms with van der Waals surface area (Å²) in [5.74, 6) is 0.160. The molecule has 1 aliphatic carbocycles. The average molecular weight is 471 g/mol. The van der Waals surface area contributed by atoms with Crippen molar-refractivity contribution in [3.63, 3.8) is 0 Å². The standard InChI is InChI=1S/C27H23BrN2O/c28-23-16-14-21(15-17-23)27(31)30-26(20-10-5-2-6-11-20)24-13-7-12-22(25(24)29-30)18-19-8-3-1-4-9-19/h1-6,8-11,14-18,24,26H,7,12-13H2/b22-18+. The van der Waals surface area contributed by atoms with Gasteiger partial charge in [0, 0.05) is 16.0 Å². The molecule has 1 amide bonds. The predicted octanol–water partition coefficient (Wildman–Crippen LogP) is 6.89. The van der Waals surface area contributed by atoms with Gasteiger partial charge >= 0.3 is 0 Å². The van der Waals surface area contributed by atoms with Crippen LogP contribution in [0.4, 0.5) is 0 Å². The Kier molecular flexibility index (Phi) is 5.56. The van der Waals surface area contributed by atoms with E-state index in [4.69, 9.17) is 5.10 Å². The molecule has 3 nitrogen and oxygen atoms in total. The molecule has 3 aromatic rings. The first kappa shape index (κ1) is 20.0. The Morgan fingerprint density at radius 3 is 2.32 bits per heavy atom. The van der Waals surface area contributed by atoms with Crippen LogP contribution in [-0.2, 0) is 0 Å². The molecule has 2 atom stereocenters. The van der Waals surface area contributed by atoms with Crippen LogP contribution in [0.15, 0.2) is 100 Å². The van der Waals surface area contributed by atoms with E-state index in [1.807, 2.05) is 48.5 Å². The summed E-state index contributed by atoms with van der Waals surface area (Å²) in [7, 11) is 0. The van der Waals surface area contributed by atoms with Gasteiger partial charge < -0.3 is 0 Å². The molecule has 3 aromatic carbocycles. The summed E-state index contributed by atoms with van der Waals surface area (Å²) in [6.45, 7) is 0. The van der Waals surface area contributed by atoms with Gasteiger partial charge in [0.05, 0.1) is 11.8 Å². The van der Waals surface area contributed by atoms with Crippen LogP contribution in [-0.4, -0.2) is 16.6 Å². The maximum absolute atomic E-state index is 13.5. The van der Waals surface area contributed by atoms with E-state index in [1.54, 1.807) is 5.01 Å². The fourth-order valence-corrected chi connectivity index (χ4v) is 4.89. The predicted molar refractivity (Wildman–Crippen MR) is 129 cm³/mol. The molecule has 1 heterocycles. The summed E-state index contributed by atoms with van der Waals surface area (Å²) >= 11 is 3.46. The molecule has 0 saturated heterocycles. The van der Waals surface area contributed by atoms with E-state index in [-0.39, 0.29) is 17.9 Å². The maximum Gasteiger partial charge on any atom is 0.274 e. The van der Waals surface area contributed by atoms with Gasteiger partial charge in [0.1, 0.15) is 0 Å². The Labute approximate surface area is 191 Å². The van der Waals surface area contributed by atoms with Gasteiger partial charge in [-0.3, -0.25) is 4.79 Å². The first-order chi connectivity index (χ1) is 15.2. The van der Waals surface area contributed by atoms with E-state index in [2.05, 4.69) is 58.4 Å². The molecule has 0 spiro atoms. The normalized spacial score (nSPS) is 21.6. The zero-order chi connectivity index (χ0) is 21.2. The van der Waals surface area contributed by atoms with Crippen molar-refractivity contribution < 1.29 is 4.79 Å². The van der Waals surface area contributed by atoms with Gasteiger partial charge in [-0.1, -0.05) is 76.6 Å². The Morgan fingerprint density at radius 1 is 0.935 bits per heavy atom. The van der Waals surface area contributed by atoms with E-state index in [0.717, 1.165) is 35.0 Å². The number of fused-ring (bicyclic) bond motifs is 1. The first-order valence-electron chi connectivity index (χ1n) is 10.7. The van der Waals surface area contributed by atoms with Gasteiger partial charge in [-0.25, -0.2) is 5.01 Å². The van der Waals surface area contributed by atoms with E-state index < -0.39 is 0 Å². The highest BCUT2D eigenvalue weighted by Crippen LogP contribution is 2.44. The first-order valence-corrected chi connectivity index (χ1v) is 11.5. The molecule has 0 aromatic heterocycles. The smallest absolute Gasteiger partial charge is 0.267 e. The second-order valence-corrected chi connectivity index (χ2v) is 8.99. The highest BCUT2D eigenvalue weighted by atomic mass is 79.9. The number of amides is 1. The number of carbonyl (C=O) groups excluding carboxylic acids is 1. The van der Waals surface area contributed by atoms with E-state index in [0.29, 0.717) is 5.56 Å². The second-order valence-electron chi connectivity index (χ2n) is 8.08. The Bertz CT molecular complexity index is 1140. The molecular weight excluding hydrogens is 448 g/mol. The third-order valence-electron chi connectivity index (χ3n) is 6.08. The Morgan fingerprint density at radius 2 is 1.61 bits per heavy atom. The van der Waals surface area contributed by atoms with Crippen LogP contribution < -0.4 is 0 Å². The molecule has 2 unspecified atom stereocenters. The quantitative estimate of drug-likeness (QED) is 0.410. The van der Waals surface area contributed by atoms with Gasteiger partial charge in [-0.05, 0) is 66.3 Å². The summed E-state index contributed by atoms with van der Waals surface area (Å²) in [6, 6.07) is 28.1. The SMILES string of the molecule is O=C(c1ccc(Br)cc1)N1N=C2/C(=C/c3ccccc3)CCCC2C1c1ccccc1. The number of halogens is 1. The molecule has 1 aliphatic heterocycles. The molecule has 154 valence electrons. The molecule has 0 radical (unpaired) electrons. The Balaban J connectivity index is 1.57.